The number of urea groups is 1. The highest BCUT2D eigenvalue weighted by Gasteiger charge is 2.53. The molecule has 5 N–H and O–H groups in total. The molecule has 2 aromatic rings. The lowest BCUT2D eigenvalue weighted by molar-refractivity contribution is 0.135. The number of nitrogens with two attached hydrogens (primary N) is 2. The highest BCUT2D eigenvalue weighted by molar-refractivity contribution is 5.88. The Bertz CT molecular complexity index is 994. The third-order valence-electron chi connectivity index (χ3n) is 6.57. The minimum absolute atomic E-state index is 0. The molecule has 2 atom stereocenters. The summed E-state index contributed by atoms with van der Waals surface area (Å²) in [5.41, 5.74) is 13.1. The van der Waals surface area contributed by atoms with Crippen LogP contribution in [0.4, 0.5) is 10.6 Å². The van der Waals surface area contributed by atoms with Crippen LogP contribution in [0.25, 0.3) is 5.69 Å². The number of aromatic nitrogens is 2. The van der Waals surface area contributed by atoms with Crippen molar-refractivity contribution in [3.8, 4) is 5.69 Å². The van der Waals surface area contributed by atoms with Crippen molar-refractivity contribution in [3.63, 3.8) is 0 Å². The molecule has 2 amide bonds. The second-order valence-corrected chi connectivity index (χ2v) is 8.67. The fourth-order valence-corrected chi connectivity index (χ4v) is 4.55. The summed E-state index contributed by atoms with van der Waals surface area (Å²) >= 11 is 0. The molecule has 2 saturated heterocycles. The van der Waals surface area contributed by atoms with Crippen molar-refractivity contribution in [1.82, 2.24) is 19.4 Å². The van der Waals surface area contributed by atoms with E-state index in [4.69, 9.17) is 11.5 Å². The van der Waals surface area contributed by atoms with E-state index in [1.54, 1.807) is 17.2 Å². The predicted molar refractivity (Wildman–Crippen MR) is 120 cm³/mol. The fourth-order valence-electron chi connectivity index (χ4n) is 4.55. The van der Waals surface area contributed by atoms with Crippen LogP contribution in [-0.4, -0.2) is 64.1 Å². The molecule has 3 aliphatic rings. The Morgan fingerprint density at radius 3 is 2.39 bits per heavy atom. The van der Waals surface area contributed by atoms with Gasteiger partial charge in [0.15, 0.2) is 0 Å². The first-order valence-corrected chi connectivity index (χ1v) is 10.4. The molecule has 0 spiro atoms. The Morgan fingerprint density at radius 1 is 1.10 bits per heavy atom. The maximum atomic E-state index is 12.5. The first kappa shape index (κ1) is 21.8. The number of carbonyl (C=O) groups excluding carboxylic acids is 1. The molecule has 1 aromatic carbocycles. The van der Waals surface area contributed by atoms with Crippen LogP contribution in [0, 0.1) is 17.8 Å². The normalized spacial score (nSPS) is 24.8. The SMILES string of the molecule is Cl.NCC1CN(C(=O)Nc2ccn(-c3ccc(CN4CC5C(N)C5C4)cc3)c(=O)n2)C1. The summed E-state index contributed by atoms with van der Waals surface area (Å²) in [4.78, 5) is 32.7. The zero-order chi connectivity index (χ0) is 20.8. The summed E-state index contributed by atoms with van der Waals surface area (Å²) < 4.78 is 1.47. The van der Waals surface area contributed by atoms with E-state index in [9.17, 15) is 9.59 Å². The minimum atomic E-state index is -0.433. The molecule has 31 heavy (non-hydrogen) atoms. The van der Waals surface area contributed by atoms with Gasteiger partial charge in [-0.15, -0.1) is 12.4 Å². The maximum absolute atomic E-state index is 12.5. The molecule has 1 saturated carbocycles. The van der Waals surface area contributed by atoms with E-state index in [0.29, 0.717) is 43.4 Å². The topological polar surface area (TPSA) is 123 Å². The second kappa shape index (κ2) is 8.58. The molecule has 166 valence electrons. The number of piperidine rings is 1. The van der Waals surface area contributed by atoms with Gasteiger partial charge < -0.3 is 16.4 Å². The number of anilines is 1. The molecule has 5 rings (SSSR count). The first-order chi connectivity index (χ1) is 14.5. The number of likely N-dealkylation sites (tertiary alicyclic amines) is 2. The Kier molecular flexibility index (Phi) is 6.02. The van der Waals surface area contributed by atoms with Crippen LogP contribution in [-0.2, 0) is 6.54 Å². The summed E-state index contributed by atoms with van der Waals surface area (Å²) in [6.07, 6.45) is 1.63. The van der Waals surface area contributed by atoms with Gasteiger partial charge in [0.1, 0.15) is 5.82 Å². The Labute approximate surface area is 186 Å². The molecule has 3 heterocycles. The predicted octanol–water partition coefficient (Wildman–Crippen LogP) is 0.466. The molecule has 2 unspecified atom stereocenters. The van der Waals surface area contributed by atoms with Gasteiger partial charge in [-0.25, -0.2) is 9.59 Å². The van der Waals surface area contributed by atoms with Crippen molar-refractivity contribution in [2.75, 3.05) is 38.0 Å². The van der Waals surface area contributed by atoms with E-state index in [0.717, 1.165) is 25.3 Å². The number of hydrogen-bond acceptors (Lipinski definition) is 6. The van der Waals surface area contributed by atoms with Crippen molar-refractivity contribution in [3.05, 3.63) is 52.6 Å². The molecule has 10 heteroatoms. The maximum Gasteiger partial charge on any atom is 0.354 e. The van der Waals surface area contributed by atoms with Gasteiger partial charge in [0, 0.05) is 50.9 Å². The Morgan fingerprint density at radius 2 is 1.77 bits per heavy atom. The van der Waals surface area contributed by atoms with E-state index in [-0.39, 0.29) is 24.3 Å². The number of amides is 2. The van der Waals surface area contributed by atoms with Gasteiger partial charge >= 0.3 is 11.7 Å². The average Bonchev–Trinajstić information content (AvgIpc) is 3.09. The number of nitrogens with zero attached hydrogens (tertiary/aromatic N) is 4. The van der Waals surface area contributed by atoms with Gasteiger partial charge in [0.25, 0.3) is 0 Å². The molecule has 1 aromatic heterocycles. The van der Waals surface area contributed by atoms with Crippen molar-refractivity contribution in [2.24, 2.45) is 29.2 Å². The minimum Gasteiger partial charge on any atom is -0.330 e. The summed E-state index contributed by atoms with van der Waals surface area (Å²) in [6, 6.07) is 9.71. The molecular weight excluding hydrogens is 418 g/mol. The molecule has 3 fully saturated rings. The lowest BCUT2D eigenvalue weighted by atomic mass is 10.0. The number of nitrogens with one attached hydrogen (secondary N) is 1. The van der Waals surface area contributed by atoms with Gasteiger partial charge in [-0.3, -0.25) is 14.8 Å². The van der Waals surface area contributed by atoms with E-state index in [1.807, 2.05) is 24.3 Å². The van der Waals surface area contributed by atoms with Gasteiger partial charge in [-0.1, -0.05) is 12.1 Å². The van der Waals surface area contributed by atoms with Crippen LogP contribution >= 0.6 is 12.4 Å². The van der Waals surface area contributed by atoms with E-state index in [2.05, 4.69) is 15.2 Å². The zero-order valence-electron chi connectivity index (χ0n) is 17.2. The third kappa shape index (κ3) is 4.31. The monoisotopic (exact) mass is 445 g/mol. The van der Waals surface area contributed by atoms with Crippen molar-refractivity contribution in [1.29, 1.82) is 0 Å². The molecule has 9 nitrogen and oxygen atoms in total. The van der Waals surface area contributed by atoms with Crippen LogP contribution < -0.4 is 22.5 Å². The van der Waals surface area contributed by atoms with E-state index < -0.39 is 5.69 Å². The number of fused-ring (bicyclic) bond motifs is 1. The highest BCUT2D eigenvalue weighted by Crippen LogP contribution is 2.44. The van der Waals surface area contributed by atoms with Crippen molar-refractivity contribution < 1.29 is 4.79 Å². The molecular formula is C21H28ClN7O2. The number of halogens is 1. The smallest absolute Gasteiger partial charge is 0.330 e. The van der Waals surface area contributed by atoms with E-state index in [1.165, 1.54) is 10.1 Å². The van der Waals surface area contributed by atoms with Crippen molar-refractivity contribution >= 4 is 24.3 Å². The number of rotatable bonds is 5. The first-order valence-electron chi connectivity index (χ1n) is 10.4. The van der Waals surface area contributed by atoms with Crippen molar-refractivity contribution in [2.45, 2.75) is 12.6 Å². The van der Waals surface area contributed by atoms with Crippen LogP contribution in [0.2, 0.25) is 0 Å². The summed E-state index contributed by atoms with van der Waals surface area (Å²) in [7, 11) is 0. The molecule has 0 bridgehead atoms. The fraction of sp³-hybridized carbons (Fsp3) is 0.476. The van der Waals surface area contributed by atoms with Gasteiger partial charge in [0.2, 0.25) is 0 Å². The lowest BCUT2D eigenvalue weighted by Crippen LogP contribution is -2.54. The lowest BCUT2D eigenvalue weighted by Gasteiger charge is -2.38. The number of carbonyl (C=O) groups is 1. The highest BCUT2D eigenvalue weighted by atomic mass is 35.5. The van der Waals surface area contributed by atoms with Crippen LogP contribution in [0.15, 0.2) is 41.3 Å². The Balaban J connectivity index is 0.00000231. The zero-order valence-corrected chi connectivity index (χ0v) is 18.0. The molecule has 0 radical (unpaired) electrons. The number of hydrogen-bond donors (Lipinski definition) is 3. The van der Waals surface area contributed by atoms with Gasteiger partial charge in [0.05, 0.1) is 5.69 Å². The Hall–Kier alpha value is -2.46. The molecule has 2 aliphatic heterocycles. The summed E-state index contributed by atoms with van der Waals surface area (Å²) in [6.45, 7) is 4.90. The molecule has 1 aliphatic carbocycles. The number of benzene rings is 1. The quantitative estimate of drug-likeness (QED) is 0.614. The third-order valence-corrected chi connectivity index (χ3v) is 6.57. The van der Waals surface area contributed by atoms with Gasteiger partial charge in [-0.05, 0) is 42.1 Å². The van der Waals surface area contributed by atoms with Crippen LogP contribution in [0.5, 0.6) is 0 Å². The standard InChI is InChI=1S/C21H27N7O2.ClH/c22-7-14-9-27(10-14)20(29)24-18-5-6-28(21(30)25-18)15-3-1-13(2-4-15)8-26-11-16-17(12-26)19(16)23;/h1-6,14,16-17,19H,7-12,22-23H2,(H,24,25,29,30);1H. The summed E-state index contributed by atoms with van der Waals surface area (Å²) in [5.74, 6) is 1.96. The van der Waals surface area contributed by atoms with Crippen LogP contribution in [0.1, 0.15) is 5.56 Å². The average molecular weight is 446 g/mol. The van der Waals surface area contributed by atoms with Gasteiger partial charge in [-0.2, -0.15) is 4.98 Å². The summed E-state index contributed by atoms with van der Waals surface area (Å²) in [5, 5.41) is 2.67. The largest absolute Gasteiger partial charge is 0.354 e. The van der Waals surface area contributed by atoms with E-state index >= 15 is 0 Å². The van der Waals surface area contributed by atoms with Crippen LogP contribution in [0.3, 0.4) is 0 Å². The second-order valence-electron chi connectivity index (χ2n) is 8.67.